The predicted octanol–water partition coefficient (Wildman–Crippen LogP) is 2.66. The number of nitrogens with one attached hydrogen (secondary N) is 1. The van der Waals surface area contributed by atoms with Gasteiger partial charge in [0.05, 0.1) is 29.7 Å². The van der Waals surface area contributed by atoms with Gasteiger partial charge in [0.25, 0.3) is 0 Å². The highest BCUT2D eigenvalue weighted by Gasteiger charge is 2.31. The molecule has 1 atom stereocenters. The van der Waals surface area contributed by atoms with E-state index in [-0.39, 0.29) is 29.9 Å². The number of rotatable bonds is 4. The lowest BCUT2D eigenvalue weighted by Crippen LogP contribution is -2.17. The Labute approximate surface area is 154 Å². The average molecular weight is 375 g/mol. The summed E-state index contributed by atoms with van der Waals surface area (Å²) in [6, 6.07) is 5.83. The van der Waals surface area contributed by atoms with Crippen molar-refractivity contribution in [3.63, 3.8) is 0 Å². The molecule has 1 fully saturated rings. The molecular weight excluding hydrogens is 350 g/mol. The number of sulfone groups is 1. The second-order valence-electron chi connectivity index (χ2n) is 7.19. The molecular formula is C19H25N3O3S. The molecule has 3 rings (SSSR count). The van der Waals surface area contributed by atoms with Crippen LogP contribution in [0.25, 0.3) is 0 Å². The van der Waals surface area contributed by atoms with Crippen molar-refractivity contribution < 1.29 is 13.2 Å². The van der Waals surface area contributed by atoms with Crippen LogP contribution in [0.2, 0.25) is 0 Å². The number of nitrogens with zero attached hydrogens (tertiary/aromatic N) is 2. The van der Waals surface area contributed by atoms with Gasteiger partial charge in [0.2, 0.25) is 5.91 Å². The summed E-state index contributed by atoms with van der Waals surface area (Å²) in [6.07, 6.45) is 0.808. The first-order chi connectivity index (χ1) is 12.2. The number of carbonyl (C=O) groups is 1. The van der Waals surface area contributed by atoms with Crippen LogP contribution in [0.4, 0.5) is 5.69 Å². The lowest BCUT2D eigenvalue weighted by Gasteiger charge is -2.12. The van der Waals surface area contributed by atoms with E-state index in [1.165, 1.54) is 0 Å². The van der Waals surface area contributed by atoms with E-state index < -0.39 is 9.84 Å². The second kappa shape index (κ2) is 6.87. The monoisotopic (exact) mass is 375 g/mol. The van der Waals surface area contributed by atoms with E-state index >= 15 is 0 Å². The highest BCUT2D eigenvalue weighted by molar-refractivity contribution is 7.91. The van der Waals surface area contributed by atoms with Crippen molar-refractivity contribution in [2.24, 2.45) is 0 Å². The van der Waals surface area contributed by atoms with E-state index in [0.717, 1.165) is 33.8 Å². The van der Waals surface area contributed by atoms with E-state index in [9.17, 15) is 13.2 Å². The first-order valence-electron chi connectivity index (χ1n) is 8.78. The molecule has 2 heterocycles. The van der Waals surface area contributed by atoms with Gasteiger partial charge in [0, 0.05) is 16.9 Å². The van der Waals surface area contributed by atoms with Crippen LogP contribution in [-0.2, 0) is 21.1 Å². The molecule has 0 aliphatic carbocycles. The second-order valence-corrected chi connectivity index (χ2v) is 9.42. The Bertz CT molecular complexity index is 961. The van der Waals surface area contributed by atoms with Crippen molar-refractivity contribution in [2.45, 2.75) is 46.6 Å². The van der Waals surface area contributed by atoms with Crippen LogP contribution >= 0.6 is 0 Å². The number of aryl methyl sites for hydroxylation is 3. The van der Waals surface area contributed by atoms with Crippen molar-refractivity contribution in [1.29, 1.82) is 0 Å². The van der Waals surface area contributed by atoms with Gasteiger partial charge in [-0.1, -0.05) is 12.1 Å². The Balaban J connectivity index is 1.78. The zero-order valence-electron chi connectivity index (χ0n) is 15.7. The molecule has 1 aromatic carbocycles. The number of aromatic nitrogens is 2. The lowest BCUT2D eigenvalue weighted by molar-refractivity contribution is -0.115. The molecule has 0 radical (unpaired) electrons. The molecule has 1 amide bonds. The molecule has 0 spiro atoms. The number of hydrogen-bond acceptors (Lipinski definition) is 4. The van der Waals surface area contributed by atoms with Gasteiger partial charge in [0.1, 0.15) is 0 Å². The first-order valence-corrected chi connectivity index (χ1v) is 10.6. The van der Waals surface area contributed by atoms with Crippen LogP contribution in [-0.4, -0.2) is 35.6 Å². The van der Waals surface area contributed by atoms with Crippen molar-refractivity contribution in [1.82, 2.24) is 9.78 Å². The zero-order valence-corrected chi connectivity index (χ0v) is 16.5. The Morgan fingerprint density at radius 2 is 2.00 bits per heavy atom. The van der Waals surface area contributed by atoms with Crippen molar-refractivity contribution in [2.75, 3.05) is 16.8 Å². The molecule has 1 unspecified atom stereocenters. The fraction of sp³-hybridized carbons (Fsp3) is 0.474. The van der Waals surface area contributed by atoms with Crippen molar-refractivity contribution in [3.05, 3.63) is 46.3 Å². The smallest absolute Gasteiger partial charge is 0.228 e. The fourth-order valence-corrected chi connectivity index (χ4v) is 5.19. The number of carbonyl (C=O) groups excluding carboxylic acids is 1. The predicted molar refractivity (Wildman–Crippen MR) is 102 cm³/mol. The topological polar surface area (TPSA) is 81.1 Å². The van der Waals surface area contributed by atoms with Gasteiger partial charge in [-0.15, -0.1) is 0 Å². The molecule has 1 saturated heterocycles. The molecule has 1 aliphatic heterocycles. The molecule has 7 heteroatoms. The fourth-order valence-electron chi connectivity index (χ4n) is 3.50. The molecule has 1 N–H and O–H groups in total. The number of amides is 1. The van der Waals surface area contributed by atoms with E-state index in [4.69, 9.17) is 0 Å². The highest BCUT2D eigenvalue weighted by Crippen LogP contribution is 2.27. The van der Waals surface area contributed by atoms with Gasteiger partial charge in [-0.2, -0.15) is 5.10 Å². The van der Waals surface area contributed by atoms with Gasteiger partial charge in [-0.25, -0.2) is 8.42 Å². The molecule has 140 valence electrons. The standard InChI is InChI=1S/C19H25N3O3S/c1-12-5-6-13(2)18(9-12)20-19(23)10-17-14(3)21-22(15(17)4)16-7-8-26(24,25)11-16/h5-6,9,16H,7-8,10-11H2,1-4H3,(H,20,23). The van der Waals surface area contributed by atoms with Crippen molar-refractivity contribution >= 4 is 21.4 Å². The Morgan fingerprint density at radius 1 is 1.27 bits per heavy atom. The summed E-state index contributed by atoms with van der Waals surface area (Å²) >= 11 is 0. The maximum absolute atomic E-state index is 12.5. The van der Waals surface area contributed by atoms with Crippen LogP contribution in [0.5, 0.6) is 0 Å². The van der Waals surface area contributed by atoms with Crippen LogP contribution in [0.15, 0.2) is 18.2 Å². The van der Waals surface area contributed by atoms with E-state index in [1.54, 1.807) is 4.68 Å². The molecule has 2 aromatic rings. The first kappa shape index (κ1) is 18.6. The maximum Gasteiger partial charge on any atom is 0.228 e. The van der Waals surface area contributed by atoms with Gasteiger partial charge >= 0.3 is 0 Å². The minimum Gasteiger partial charge on any atom is -0.326 e. The van der Waals surface area contributed by atoms with Crippen LogP contribution in [0.1, 0.15) is 40.5 Å². The SMILES string of the molecule is Cc1ccc(C)c(NC(=O)Cc2c(C)nn(C3CCS(=O)(=O)C3)c2C)c1. The zero-order chi connectivity index (χ0) is 19.1. The minimum atomic E-state index is -2.98. The van der Waals surface area contributed by atoms with E-state index in [1.807, 2.05) is 45.9 Å². The van der Waals surface area contributed by atoms with Gasteiger partial charge in [0.15, 0.2) is 9.84 Å². The number of hydrogen-bond donors (Lipinski definition) is 1. The Morgan fingerprint density at radius 3 is 2.65 bits per heavy atom. The third-order valence-electron chi connectivity index (χ3n) is 5.03. The summed E-state index contributed by atoms with van der Waals surface area (Å²) in [4.78, 5) is 12.5. The highest BCUT2D eigenvalue weighted by atomic mass is 32.2. The Kier molecular flexibility index (Phi) is 4.92. The van der Waals surface area contributed by atoms with Gasteiger partial charge < -0.3 is 5.32 Å². The third kappa shape index (κ3) is 3.82. The summed E-state index contributed by atoms with van der Waals surface area (Å²) in [7, 11) is -2.98. The maximum atomic E-state index is 12.5. The van der Waals surface area contributed by atoms with Crippen LogP contribution < -0.4 is 5.32 Å². The van der Waals surface area contributed by atoms with Crippen LogP contribution in [0, 0.1) is 27.7 Å². The molecule has 0 bridgehead atoms. The summed E-state index contributed by atoms with van der Waals surface area (Å²) in [5.41, 5.74) is 5.46. The molecule has 0 saturated carbocycles. The van der Waals surface area contributed by atoms with E-state index in [0.29, 0.717) is 6.42 Å². The Hall–Kier alpha value is -2.15. The number of benzene rings is 1. The normalized spacial score (nSPS) is 18.8. The van der Waals surface area contributed by atoms with E-state index in [2.05, 4.69) is 10.4 Å². The molecule has 1 aliphatic rings. The summed E-state index contributed by atoms with van der Waals surface area (Å²) in [5.74, 6) is 0.241. The molecule has 26 heavy (non-hydrogen) atoms. The minimum absolute atomic E-state index is 0.0940. The summed E-state index contributed by atoms with van der Waals surface area (Å²) in [5, 5.41) is 7.50. The average Bonchev–Trinajstić information content (AvgIpc) is 3.04. The third-order valence-corrected chi connectivity index (χ3v) is 6.78. The van der Waals surface area contributed by atoms with Crippen molar-refractivity contribution in [3.8, 4) is 0 Å². The number of anilines is 1. The van der Waals surface area contributed by atoms with Gasteiger partial charge in [-0.3, -0.25) is 9.48 Å². The largest absolute Gasteiger partial charge is 0.326 e. The molecule has 1 aromatic heterocycles. The quantitative estimate of drug-likeness (QED) is 0.891. The van der Waals surface area contributed by atoms with Gasteiger partial charge in [-0.05, 0) is 51.3 Å². The molecule has 6 nitrogen and oxygen atoms in total. The lowest BCUT2D eigenvalue weighted by atomic mass is 10.1. The summed E-state index contributed by atoms with van der Waals surface area (Å²) in [6.45, 7) is 7.73. The summed E-state index contributed by atoms with van der Waals surface area (Å²) < 4.78 is 25.3. The van der Waals surface area contributed by atoms with Crippen LogP contribution in [0.3, 0.4) is 0 Å².